The van der Waals surface area contributed by atoms with Crippen LogP contribution < -0.4 is 10.8 Å². The van der Waals surface area contributed by atoms with E-state index < -0.39 is 34.6 Å². The molecule has 1 amide bonds. The molecule has 31 heavy (non-hydrogen) atoms. The Labute approximate surface area is 180 Å². The number of alkyl halides is 3. The lowest BCUT2D eigenvalue weighted by Gasteiger charge is -2.37. The molecule has 0 spiro atoms. The molecule has 1 heterocycles. The molecular formula is C21H28BF3NO5. The van der Waals surface area contributed by atoms with Gasteiger partial charge in [-0.3, -0.25) is 0 Å². The predicted octanol–water partition coefficient (Wildman–Crippen LogP) is 4.29. The van der Waals surface area contributed by atoms with Crippen molar-refractivity contribution in [2.75, 3.05) is 0 Å². The summed E-state index contributed by atoms with van der Waals surface area (Å²) in [6.07, 6.45) is -5.37. The van der Waals surface area contributed by atoms with Crippen LogP contribution >= 0.6 is 0 Å². The number of amides is 1. The highest BCUT2D eigenvalue weighted by Gasteiger charge is 2.37. The molecule has 1 aromatic heterocycles. The van der Waals surface area contributed by atoms with Crippen LogP contribution in [-0.2, 0) is 22.1 Å². The lowest BCUT2D eigenvalue weighted by molar-refractivity contribution is -0.136. The van der Waals surface area contributed by atoms with E-state index in [1.807, 2.05) is 0 Å². The number of benzene rings is 1. The fraction of sp³-hybridized carbons (Fsp3) is 0.571. The number of furan rings is 1. The van der Waals surface area contributed by atoms with Crippen LogP contribution in [0.3, 0.4) is 0 Å². The van der Waals surface area contributed by atoms with Gasteiger partial charge in [-0.05, 0) is 60.6 Å². The average molecular weight is 442 g/mol. The molecule has 0 atom stereocenters. The Morgan fingerprint density at radius 3 is 2.23 bits per heavy atom. The molecule has 6 nitrogen and oxygen atoms in total. The van der Waals surface area contributed by atoms with E-state index in [1.54, 1.807) is 48.5 Å². The summed E-state index contributed by atoms with van der Waals surface area (Å²) in [5.74, 6) is 0.140. The summed E-state index contributed by atoms with van der Waals surface area (Å²) in [5, 5.41) is 12.8. The standard InChI is InChI=1S/C21H28BF3NO5/c1-18(2,3)30-17(27)26-11-14-9-12-8-13(22-31-20(6,7)19(4,5)28)10-15(16(12)29-14)21(23,24)25/h8-10,28H,11H2,1-7H3,(H,26,27). The van der Waals surface area contributed by atoms with Crippen LogP contribution in [0.15, 0.2) is 22.6 Å². The zero-order valence-corrected chi connectivity index (χ0v) is 18.7. The van der Waals surface area contributed by atoms with Crippen LogP contribution in [0.25, 0.3) is 11.0 Å². The Balaban J connectivity index is 2.29. The van der Waals surface area contributed by atoms with Gasteiger partial charge in [-0.25, -0.2) is 4.79 Å². The highest BCUT2D eigenvalue weighted by molar-refractivity contribution is 6.47. The number of carbonyl (C=O) groups is 1. The van der Waals surface area contributed by atoms with Crippen molar-refractivity contribution in [3.8, 4) is 0 Å². The van der Waals surface area contributed by atoms with Crippen molar-refractivity contribution in [3.05, 3.63) is 29.5 Å². The van der Waals surface area contributed by atoms with E-state index in [1.165, 1.54) is 19.6 Å². The summed E-state index contributed by atoms with van der Waals surface area (Å²) in [5.41, 5.74) is -4.12. The normalized spacial score (nSPS) is 13.4. The Morgan fingerprint density at radius 1 is 1.10 bits per heavy atom. The summed E-state index contributed by atoms with van der Waals surface area (Å²) in [7, 11) is 1.18. The topological polar surface area (TPSA) is 80.9 Å². The molecule has 0 aliphatic rings. The number of halogens is 3. The number of fused-ring (bicyclic) bond motifs is 1. The van der Waals surface area contributed by atoms with Gasteiger partial charge in [0.25, 0.3) is 0 Å². The van der Waals surface area contributed by atoms with Crippen molar-refractivity contribution in [1.82, 2.24) is 5.32 Å². The molecule has 1 radical (unpaired) electrons. The maximum Gasteiger partial charge on any atom is 0.419 e. The minimum absolute atomic E-state index is 0.137. The van der Waals surface area contributed by atoms with Gasteiger partial charge in [-0.2, -0.15) is 13.2 Å². The highest BCUT2D eigenvalue weighted by atomic mass is 19.4. The van der Waals surface area contributed by atoms with Crippen LogP contribution in [-0.4, -0.2) is 35.5 Å². The van der Waals surface area contributed by atoms with Crippen LogP contribution in [0, 0.1) is 0 Å². The summed E-state index contributed by atoms with van der Waals surface area (Å²) < 4.78 is 56.9. The van der Waals surface area contributed by atoms with Crippen molar-refractivity contribution in [2.24, 2.45) is 0 Å². The van der Waals surface area contributed by atoms with Crippen LogP contribution in [0.1, 0.15) is 59.8 Å². The Morgan fingerprint density at radius 2 is 1.71 bits per heavy atom. The van der Waals surface area contributed by atoms with E-state index in [0.29, 0.717) is 0 Å². The van der Waals surface area contributed by atoms with Crippen LogP contribution in [0.4, 0.5) is 18.0 Å². The molecule has 2 aromatic rings. The number of ether oxygens (including phenoxy) is 1. The zero-order chi connectivity index (χ0) is 23.8. The van der Waals surface area contributed by atoms with Crippen molar-refractivity contribution in [1.29, 1.82) is 0 Å². The van der Waals surface area contributed by atoms with Gasteiger partial charge in [-0.1, -0.05) is 11.5 Å². The molecule has 0 fully saturated rings. The van der Waals surface area contributed by atoms with E-state index in [-0.39, 0.29) is 28.7 Å². The molecule has 171 valence electrons. The molecule has 1 aromatic carbocycles. The lowest BCUT2D eigenvalue weighted by atomic mass is 9.81. The largest absolute Gasteiger partial charge is 0.459 e. The van der Waals surface area contributed by atoms with Crippen LogP contribution in [0.2, 0.25) is 0 Å². The first-order valence-electron chi connectivity index (χ1n) is 9.73. The number of nitrogens with one attached hydrogen (secondary N) is 1. The molecule has 0 bridgehead atoms. The second-order valence-electron chi connectivity index (χ2n) is 9.36. The van der Waals surface area contributed by atoms with Gasteiger partial charge in [0.1, 0.15) is 16.9 Å². The van der Waals surface area contributed by atoms with Gasteiger partial charge in [0.05, 0.1) is 23.3 Å². The quantitative estimate of drug-likeness (QED) is 0.653. The Bertz CT molecular complexity index is 939. The highest BCUT2D eigenvalue weighted by Crippen LogP contribution is 2.35. The van der Waals surface area contributed by atoms with Crippen molar-refractivity contribution in [3.63, 3.8) is 0 Å². The monoisotopic (exact) mass is 442 g/mol. The number of aliphatic hydroxyl groups is 1. The minimum Gasteiger partial charge on any atom is -0.459 e. The lowest BCUT2D eigenvalue weighted by Crippen LogP contribution is -2.49. The SMILES string of the molecule is CC(C)(C)OC(=O)NCc1cc2cc([B]OC(C)(C)C(C)(C)O)cc(C(F)(F)F)c2o1. The maximum atomic E-state index is 13.6. The van der Waals surface area contributed by atoms with Gasteiger partial charge in [-0.15, -0.1) is 0 Å². The Kier molecular flexibility index (Phi) is 6.78. The number of alkyl carbamates (subject to hydrolysis) is 1. The van der Waals surface area contributed by atoms with E-state index in [9.17, 15) is 23.1 Å². The third-order valence-corrected chi connectivity index (χ3v) is 4.76. The fourth-order valence-corrected chi connectivity index (χ4v) is 2.43. The molecule has 0 saturated heterocycles. The van der Waals surface area contributed by atoms with Gasteiger partial charge in [0, 0.05) is 5.39 Å². The number of hydrogen-bond donors (Lipinski definition) is 2. The molecular weight excluding hydrogens is 414 g/mol. The number of hydrogen-bond acceptors (Lipinski definition) is 5. The summed E-state index contributed by atoms with van der Waals surface area (Å²) >= 11 is 0. The maximum absolute atomic E-state index is 13.6. The summed E-state index contributed by atoms with van der Waals surface area (Å²) in [6.45, 7) is 11.3. The second kappa shape index (κ2) is 8.39. The smallest absolute Gasteiger partial charge is 0.419 e. The van der Waals surface area contributed by atoms with E-state index >= 15 is 0 Å². The molecule has 2 N–H and O–H groups in total. The summed E-state index contributed by atoms with van der Waals surface area (Å²) in [6, 6.07) is 3.81. The number of rotatable bonds is 6. The fourth-order valence-electron chi connectivity index (χ4n) is 2.43. The second-order valence-corrected chi connectivity index (χ2v) is 9.36. The molecule has 0 aliphatic carbocycles. The van der Waals surface area contributed by atoms with Gasteiger partial charge >= 0.3 is 19.8 Å². The van der Waals surface area contributed by atoms with E-state index in [0.717, 1.165) is 6.07 Å². The Hall–Kier alpha value is -2.20. The van der Waals surface area contributed by atoms with Crippen molar-refractivity contribution >= 4 is 30.0 Å². The van der Waals surface area contributed by atoms with Gasteiger partial charge in [0.15, 0.2) is 0 Å². The minimum atomic E-state index is -4.67. The van der Waals surface area contributed by atoms with E-state index in [4.69, 9.17) is 13.8 Å². The zero-order valence-electron chi connectivity index (χ0n) is 18.7. The van der Waals surface area contributed by atoms with Crippen LogP contribution in [0.5, 0.6) is 0 Å². The molecule has 0 saturated carbocycles. The molecule has 2 rings (SSSR count). The first-order chi connectivity index (χ1) is 13.9. The predicted molar refractivity (Wildman–Crippen MR) is 111 cm³/mol. The number of carbonyl (C=O) groups excluding carboxylic acids is 1. The van der Waals surface area contributed by atoms with Gasteiger partial charge < -0.3 is 24.2 Å². The summed E-state index contributed by atoms with van der Waals surface area (Å²) in [4.78, 5) is 11.8. The van der Waals surface area contributed by atoms with Gasteiger partial charge in [0.2, 0.25) is 0 Å². The van der Waals surface area contributed by atoms with E-state index in [2.05, 4.69) is 5.32 Å². The molecule has 10 heteroatoms. The average Bonchev–Trinajstić information content (AvgIpc) is 2.96. The third kappa shape index (κ3) is 6.64. The third-order valence-electron chi connectivity index (χ3n) is 4.76. The van der Waals surface area contributed by atoms with Crippen molar-refractivity contribution in [2.45, 2.75) is 78.0 Å². The first kappa shape index (κ1) is 25.1. The molecule has 0 aliphatic heterocycles. The first-order valence-corrected chi connectivity index (χ1v) is 9.73. The molecule has 0 unspecified atom stereocenters. The van der Waals surface area contributed by atoms with Crippen molar-refractivity contribution < 1.29 is 36.9 Å².